The summed E-state index contributed by atoms with van der Waals surface area (Å²) in [5.74, 6) is -0.622. The Morgan fingerprint density at radius 2 is 2.00 bits per heavy atom. The number of urea groups is 1. The van der Waals surface area contributed by atoms with E-state index in [1.807, 2.05) is 30.3 Å². The summed E-state index contributed by atoms with van der Waals surface area (Å²) in [6, 6.07) is 9.07. The quantitative estimate of drug-likeness (QED) is 0.806. The molecule has 0 fully saturated rings. The van der Waals surface area contributed by atoms with Gasteiger partial charge in [-0.05, 0) is 23.7 Å². The molecule has 0 spiro atoms. The Bertz CT molecular complexity index is 628. The van der Waals surface area contributed by atoms with Crippen LogP contribution in [0.2, 0.25) is 0 Å². The van der Waals surface area contributed by atoms with Crippen LogP contribution in [0.15, 0.2) is 40.3 Å². The smallest absolute Gasteiger partial charge is 0.319 e. The van der Waals surface area contributed by atoms with Crippen LogP contribution in [0.3, 0.4) is 0 Å². The van der Waals surface area contributed by atoms with Gasteiger partial charge in [-0.25, -0.2) is 4.79 Å². The molecule has 0 unspecified atom stereocenters. The van der Waals surface area contributed by atoms with Crippen molar-refractivity contribution in [2.45, 2.75) is 9.92 Å². The molecule has 104 valence electrons. The number of benzene rings is 1. The van der Waals surface area contributed by atoms with Crippen molar-refractivity contribution in [2.24, 2.45) is 5.73 Å². The molecule has 0 bridgehead atoms. The van der Waals surface area contributed by atoms with Gasteiger partial charge in [0, 0.05) is 11.9 Å². The number of anilines is 1. The molecule has 0 radical (unpaired) electrons. The second-order valence-electron chi connectivity index (χ2n) is 3.68. The fourth-order valence-corrected chi connectivity index (χ4v) is 3.25. The van der Waals surface area contributed by atoms with Gasteiger partial charge in [-0.1, -0.05) is 30.0 Å². The normalized spacial score (nSPS) is 10.1. The Morgan fingerprint density at radius 1 is 1.30 bits per heavy atom. The molecule has 0 aliphatic rings. The average molecular weight is 308 g/mol. The molecule has 3 amide bonds. The summed E-state index contributed by atoms with van der Waals surface area (Å²) in [5.41, 5.74) is 5.60. The van der Waals surface area contributed by atoms with Gasteiger partial charge in [0.15, 0.2) is 0 Å². The molecule has 0 saturated heterocycles. The maximum Gasteiger partial charge on any atom is 0.319 e. The Morgan fingerprint density at radius 3 is 2.60 bits per heavy atom. The van der Waals surface area contributed by atoms with Gasteiger partial charge < -0.3 is 11.1 Å². The predicted molar refractivity (Wildman–Crippen MR) is 79.3 cm³/mol. The highest BCUT2D eigenvalue weighted by Crippen LogP contribution is 2.35. The molecular formula is C12H12N4O2S2. The Kier molecular flexibility index (Phi) is 4.59. The topological polar surface area (TPSA) is 97.1 Å². The minimum atomic E-state index is -0.622. The van der Waals surface area contributed by atoms with Crippen LogP contribution in [0.5, 0.6) is 0 Å². The fourth-order valence-electron chi connectivity index (χ4n) is 1.41. The SMILES string of the molecule is CNC(=O)Nc1snc(Sc2ccccc2)c1C(N)=O. The minimum absolute atomic E-state index is 0.229. The third-order valence-electron chi connectivity index (χ3n) is 2.32. The van der Waals surface area contributed by atoms with Crippen molar-refractivity contribution in [1.29, 1.82) is 0 Å². The first-order valence-electron chi connectivity index (χ1n) is 5.63. The summed E-state index contributed by atoms with van der Waals surface area (Å²) >= 11 is 2.35. The first kappa shape index (κ1) is 14.4. The summed E-state index contributed by atoms with van der Waals surface area (Å²) in [6.07, 6.45) is 0. The molecule has 6 nitrogen and oxygen atoms in total. The van der Waals surface area contributed by atoms with E-state index in [4.69, 9.17) is 5.73 Å². The number of carbonyl (C=O) groups excluding carboxylic acids is 2. The third kappa shape index (κ3) is 3.28. The lowest BCUT2D eigenvalue weighted by Gasteiger charge is -2.04. The van der Waals surface area contributed by atoms with Crippen LogP contribution in [0, 0.1) is 0 Å². The van der Waals surface area contributed by atoms with E-state index >= 15 is 0 Å². The van der Waals surface area contributed by atoms with Crippen molar-refractivity contribution in [2.75, 3.05) is 12.4 Å². The lowest BCUT2D eigenvalue weighted by atomic mass is 10.3. The lowest BCUT2D eigenvalue weighted by Crippen LogP contribution is -2.25. The van der Waals surface area contributed by atoms with Crippen molar-refractivity contribution in [3.8, 4) is 0 Å². The van der Waals surface area contributed by atoms with Crippen LogP contribution in [-0.4, -0.2) is 23.4 Å². The minimum Gasteiger partial charge on any atom is -0.365 e. The van der Waals surface area contributed by atoms with Crippen LogP contribution in [0.1, 0.15) is 10.4 Å². The van der Waals surface area contributed by atoms with E-state index in [2.05, 4.69) is 15.0 Å². The summed E-state index contributed by atoms with van der Waals surface area (Å²) in [7, 11) is 1.49. The molecule has 1 heterocycles. The molecular weight excluding hydrogens is 296 g/mol. The van der Waals surface area contributed by atoms with E-state index in [9.17, 15) is 9.59 Å². The van der Waals surface area contributed by atoms with E-state index < -0.39 is 11.9 Å². The van der Waals surface area contributed by atoms with E-state index in [1.54, 1.807) is 0 Å². The molecule has 8 heteroatoms. The van der Waals surface area contributed by atoms with Gasteiger partial charge in [-0.3, -0.25) is 10.1 Å². The molecule has 1 aromatic heterocycles. The lowest BCUT2D eigenvalue weighted by molar-refractivity contribution is 0.0998. The van der Waals surface area contributed by atoms with Crippen molar-refractivity contribution in [3.63, 3.8) is 0 Å². The maximum absolute atomic E-state index is 11.6. The van der Waals surface area contributed by atoms with Gasteiger partial charge >= 0.3 is 6.03 Å². The number of hydrogen-bond donors (Lipinski definition) is 3. The first-order valence-corrected chi connectivity index (χ1v) is 7.22. The van der Waals surface area contributed by atoms with Crippen LogP contribution in [0.4, 0.5) is 9.80 Å². The summed E-state index contributed by atoms with van der Waals surface area (Å²) in [5, 5.41) is 5.78. The molecule has 0 aliphatic heterocycles. The van der Waals surface area contributed by atoms with E-state index in [0.29, 0.717) is 10.0 Å². The van der Waals surface area contributed by atoms with Crippen molar-refractivity contribution in [1.82, 2.24) is 9.69 Å². The largest absolute Gasteiger partial charge is 0.365 e. The number of rotatable bonds is 4. The second kappa shape index (κ2) is 6.40. The van der Waals surface area contributed by atoms with Crippen LogP contribution >= 0.6 is 23.3 Å². The highest BCUT2D eigenvalue weighted by atomic mass is 32.2. The van der Waals surface area contributed by atoms with Gasteiger partial charge in [-0.2, -0.15) is 4.37 Å². The Labute approximate surface area is 123 Å². The Hall–Kier alpha value is -2.06. The zero-order valence-corrected chi connectivity index (χ0v) is 12.2. The van der Waals surface area contributed by atoms with E-state index in [1.165, 1.54) is 18.8 Å². The fraction of sp³-hybridized carbons (Fsp3) is 0.0833. The zero-order valence-electron chi connectivity index (χ0n) is 10.5. The number of nitrogens with zero attached hydrogens (tertiary/aromatic N) is 1. The van der Waals surface area contributed by atoms with E-state index in [0.717, 1.165) is 16.4 Å². The van der Waals surface area contributed by atoms with Crippen LogP contribution in [0.25, 0.3) is 0 Å². The number of amides is 3. The van der Waals surface area contributed by atoms with Crippen LogP contribution < -0.4 is 16.4 Å². The summed E-state index contributed by atoms with van der Waals surface area (Å²) < 4.78 is 4.18. The molecule has 1 aromatic carbocycles. The van der Waals surface area contributed by atoms with Crippen LogP contribution in [-0.2, 0) is 0 Å². The van der Waals surface area contributed by atoms with Crippen molar-refractivity contribution < 1.29 is 9.59 Å². The molecule has 0 atom stereocenters. The van der Waals surface area contributed by atoms with Gasteiger partial charge in [-0.15, -0.1) is 0 Å². The van der Waals surface area contributed by atoms with Gasteiger partial charge in [0.25, 0.3) is 5.91 Å². The second-order valence-corrected chi connectivity index (χ2v) is 5.51. The first-order chi connectivity index (χ1) is 9.61. The Balaban J connectivity index is 2.30. The number of primary amides is 1. The highest BCUT2D eigenvalue weighted by Gasteiger charge is 2.20. The molecule has 2 rings (SSSR count). The van der Waals surface area contributed by atoms with E-state index in [-0.39, 0.29) is 5.56 Å². The average Bonchev–Trinajstić information content (AvgIpc) is 2.82. The maximum atomic E-state index is 11.6. The number of aromatic nitrogens is 1. The monoisotopic (exact) mass is 308 g/mol. The highest BCUT2D eigenvalue weighted by molar-refractivity contribution is 7.99. The molecule has 0 aliphatic carbocycles. The van der Waals surface area contributed by atoms with Gasteiger partial charge in [0.2, 0.25) is 0 Å². The third-order valence-corrected chi connectivity index (χ3v) is 4.19. The standard InChI is InChI=1S/C12H12N4O2S2/c1-14-12(18)15-10-8(9(13)17)11(16-20-10)19-7-5-3-2-4-6-7/h2-6H,1H3,(H2,13,17)(H2,14,15,18). The molecule has 4 N–H and O–H groups in total. The van der Waals surface area contributed by atoms with Crippen molar-refractivity contribution in [3.05, 3.63) is 35.9 Å². The summed E-state index contributed by atoms with van der Waals surface area (Å²) in [6.45, 7) is 0. The van der Waals surface area contributed by atoms with Gasteiger partial charge in [0.1, 0.15) is 15.6 Å². The summed E-state index contributed by atoms with van der Waals surface area (Å²) in [4.78, 5) is 23.8. The van der Waals surface area contributed by atoms with Crippen molar-refractivity contribution >= 4 is 40.2 Å². The number of hydrogen-bond acceptors (Lipinski definition) is 5. The molecule has 0 saturated carbocycles. The predicted octanol–water partition coefficient (Wildman–Crippen LogP) is 2.14. The zero-order chi connectivity index (χ0) is 14.5. The number of carbonyl (C=O) groups is 2. The molecule has 2 aromatic rings. The molecule has 20 heavy (non-hydrogen) atoms. The van der Waals surface area contributed by atoms with Gasteiger partial charge in [0.05, 0.1) is 0 Å². The number of nitrogens with two attached hydrogens (primary N) is 1. The number of nitrogens with one attached hydrogen (secondary N) is 2.